The Balaban J connectivity index is 2.80. The van der Waals surface area contributed by atoms with Crippen molar-refractivity contribution in [2.45, 2.75) is 26.6 Å². The van der Waals surface area contributed by atoms with Crippen LogP contribution in [0.5, 0.6) is 0 Å². The number of nitrogens with zero attached hydrogens (tertiary/aromatic N) is 1. The molecule has 13 heavy (non-hydrogen) atoms. The van der Waals surface area contributed by atoms with Gasteiger partial charge in [0, 0.05) is 6.21 Å². The van der Waals surface area contributed by atoms with E-state index in [1.54, 1.807) is 0 Å². The summed E-state index contributed by atoms with van der Waals surface area (Å²) < 4.78 is 4.58. The molecule has 0 heterocycles. The Morgan fingerprint density at radius 3 is 2.46 bits per heavy atom. The van der Waals surface area contributed by atoms with Gasteiger partial charge in [-0.15, -0.1) is 0 Å². The Bertz CT molecular complexity index is 310. The fourth-order valence-corrected chi connectivity index (χ4v) is 1.55. The van der Waals surface area contributed by atoms with Crippen molar-refractivity contribution in [3.63, 3.8) is 0 Å². The summed E-state index contributed by atoms with van der Waals surface area (Å²) in [6, 6.07) is 8.42. The Morgan fingerprint density at radius 2 is 1.92 bits per heavy atom. The van der Waals surface area contributed by atoms with E-state index in [9.17, 15) is 0 Å². The molecule has 0 radical (unpaired) electrons. The first-order valence-corrected chi connectivity index (χ1v) is 8.04. The van der Waals surface area contributed by atoms with Gasteiger partial charge >= 0.3 is 0 Å². The summed E-state index contributed by atoms with van der Waals surface area (Å²) in [5.74, 6) is 0. The smallest absolute Gasteiger partial charge is 0.172 e. The average Bonchev–Trinajstić information content (AvgIpc) is 2.00. The van der Waals surface area contributed by atoms with E-state index in [1.807, 2.05) is 6.21 Å². The SMILES string of the molecule is Cc1cccc(/C=N/[Si](C)(C)C)c1. The third-order valence-electron chi connectivity index (χ3n) is 1.64. The highest BCUT2D eigenvalue weighted by Gasteiger charge is 2.08. The second-order valence-electron chi connectivity index (χ2n) is 4.34. The van der Waals surface area contributed by atoms with Gasteiger partial charge in [-0.05, 0) is 32.1 Å². The van der Waals surface area contributed by atoms with Crippen LogP contribution in [0, 0.1) is 6.92 Å². The summed E-state index contributed by atoms with van der Waals surface area (Å²) in [6.07, 6.45) is 2.00. The first-order valence-electron chi connectivity index (χ1n) is 4.59. The van der Waals surface area contributed by atoms with E-state index < -0.39 is 8.24 Å². The highest BCUT2D eigenvalue weighted by molar-refractivity contribution is 6.75. The van der Waals surface area contributed by atoms with Gasteiger partial charge in [-0.3, -0.25) is 0 Å². The van der Waals surface area contributed by atoms with Gasteiger partial charge in [0.1, 0.15) is 0 Å². The maximum absolute atomic E-state index is 4.58. The third-order valence-corrected chi connectivity index (χ3v) is 2.55. The number of hydrogen-bond donors (Lipinski definition) is 0. The fraction of sp³-hybridized carbons (Fsp3) is 0.364. The lowest BCUT2D eigenvalue weighted by atomic mass is 10.2. The van der Waals surface area contributed by atoms with Crippen LogP contribution in [0.2, 0.25) is 19.6 Å². The van der Waals surface area contributed by atoms with Crippen molar-refractivity contribution in [3.8, 4) is 0 Å². The summed E-state index contributed by atoms with van der Waals surface area (Å²) in [5, 5.41) is 0. The molecule has 70 valence electrons. The van der Waals surface area contributed by atoms with Crippen LogP contribution in [-0.2, 0) is 0 Å². The summed E-state index contributed by atoms with van der Waals surface area (Å²) in [4.78, 5) is 0. The molecular formula is C11H17NSi. The van der Waals surface area contributed by atoms with Gasteiger partial charge in [-0.1, -0.05) is 29.8 Å². The van der Waals surface area contributed by atoms with Crippen LogP contribution < -0.4 is 0 Å². The quantitative estimate of drug-likeness (QED) is 0.502. The van der Waals surface area contributed by atoms with E-state index in [4.69, 9.17) is 0 Å². The summed E-state index contributed by atoms with van der Waals surface area (Å²) in [6.45, 7) is 8.81. The molecule has 1 aromatic rings. The Labute approximate surface area is 81.6 Å². The fourth-order valence-electron chi connectivity index (χ4n) is 1.02. The first kappa shape index (κ1) is 10.2. The normalized spacial score (nSPS) is 12.3. The Morgan fingerprint density at radius 1 is 1.23 bits per heavy atom. The van der Waals surface area contributed by atoms with Gasteiger partial charge in [-0.25, -0.2) is 0 Å². The summed E-state index contributed by atoms with van der Waals surface area (Å²) in [5.41, 5.74) is 2.50. The maximum atomic E-state index is 4.58. The molecular weight excluding hydrogens is 174 g/mol. The molecule has 0 saturated heterocycles. The highest BCUT2D eigenvalue weighted by Crippen LogP contribution is 2.05. The molecule has 0 aliphatic rings. The minimum absolute atomic E-state index is 1.21. The molecule has 0 aliphatic carbocycles. The van der Waals surface area contributed by atoms with Gasteiger partial charge in [0.05, 0.1) is 0 Å². The molecule has 0 amide bonds. The van der Waals surface area contributed by atoms with Crippen molar-refractivity contribution in [1.29, 1.82) is 0 Å². The third kappa shape index (κ3) is 4.04. The van der Waals surface area contributed by atoms with Crippen LogP contribution in [-0.4, -0.2) is 14.5 Å². The van der Waals surface area contributed by atoms with Gasteiger partial charge in [0.15, 0.2) is 8.24 Å². The zero-order valence-electron chi connectivity index (χ0n) is 8.83. The molecule has 0 aromatic heterocycles. The summed E-state index contributed by atoms with van der Waals surface area (Å²) in [7, 11) is -1.29. The van der Waals surface area contributed by atoms with Crippen molar-refractivity contribution in [3.05, 3.63) is 35.4 Å². The highest BCUT2D eigenvalue weighted by atomic mass is 28.3. The van der Waals surface area contributed by atoms with Crippen molar-refractivity contribution in [2.75, 3.05) is 0 Å². The topological polar surface area (TPSA) is 12.4 Å². The molecule has 0 atom stereocenters. The largest absolute Gasteiger partial charge is 0.329 e. The Kier molecular flexibility index (Phi) is 3.04. The van der Waals surface area contributed by atoms with Crippen LogP contribution in [0.15, 0.2) is 28.9 Å². The number of rotatable bonds is 2. The minimum Gasteiger partial charge on any atom is -0.329 e. The van der Waals surface area contributed by atoms with E-state index >= 15 is 0 Å². The molecule has 0 saturated carbocycles. The molecule has 1 nitrogen and oxygen atoms in total. The minimum atomic E-state index is -1.29. The van der Waals surface area contributed by atoms with Crippen LogP contribution in [0.4, 0.5) is 0 Å². The van der Waals surface area contributed by atoms with E-state index in [-0.39, 0.29) is 0 Å². The Hall–Kier alpha value is -0.893. The van der Waals surface area contributed by atoms with Crippen LogP contribution in [0.1, 0.15) is 11.1 Å². The lowest BCUT2D eigenvalue weighted by Crippen LogP contribution is -2.16. The predicted molar refractivity (Wildman–Crippen MR) is 62.1 cm³/mol. The number of benzene rings is 1. The molecule has 0 spiro atoms. The lowest BCUT2D eigenvalue weighted by molar-refractivity contribution is 1.46. The zero-order chi connectivity index (χ0) is 9.90. The van der Waals surface area contributed by atoms with E-state index in [0.717, 1.165) is 0 Å². The second-order valence-corrected chi connectivity index (χ2v) is 8.94. The van der Waals surface area contributed by atoms with E-state index in [0.29, 0.717) is 0 Å². The number of hydrogen-bond acceptors (Lipinski definition) is 1. The first-order chi connectivity index (χ1) is 5.97. The van der Waals surface area contributed by atoms with Crippen molar-refractivity contribution in [1.82, 2.24) is 0 Å². The maximum Gasteiger partial charge on any atom is 0.172 e. The monoisotopic (exact) mass is 191 g/mol. The van der Waals surface area contributed by atoms with Crippen molar-refractivity contribution in [2.24, 2.45) is 4.66 Å². The van der Waals surface area contributed by atoms with Gasteiger partial charge in [-0.2, -0.15) is 0 Å². The molecule has 0 aliphatic heterocycles. The van der Waals surface area contributed by atoms with Gasteiger partial charge in [0.2, 0.25) is 0 Å². The molecule has 0 N–H and O–H groups in total. The molecule has 0 unspecified atom stereocenters. The van der Waals surface area contributed by atoms with Gasteiger partial charge < -0.3 is 4.66 Å². The molecule has 1 rings (SSSR count). The van der Waals surface area contributed by atoms with Gasteiger partial charge in [0.25, 0.3) is 0 Å². The standard InChI is InChI=1S/C11H17NSi/c1-10-6-5-7-11(8-10)9-12-13(2,3)4/h5-9H,1-4H3/b12-9+. The van der Waals surface area contributed by atoms with Crippen LogP contribution >= 0.6 is 0 Å². The zero-order valence-corrected chi connectivity index (χ0v) is 9.83. The lowest BCUT2D eigenvalue weighted by Gasteiger charge is -2.07. The average molecular weight is 191 g/mol. The van der Waals surface area contributed by atoms with Crippen LogP contribution in [0.25, 0.3) is 0 Å². The second kappa shape index (κ2) is 3.88. The van der Waals surface area contributed by atoms with Crippen molar-refractivity contribution >= 4 is 14.5 Å². The van der Waals surface area contributed by atoms with E-state index in [1.165, 1.54) is 11.1 Å². The van der Waals surface area contributed by atoms with Crippen LogP contribution in [0.3, 0.4) is 0 Å². The molecule has 0 fully saturated rings. The summed E-state index contributed by atoms with van der Waals surface area (Å²) >= 11 is 0. The number of aryl methyl sites for hydroxylation is 1. The van der Waals surface area contributed by atoms with Crippen molar-refractivity contribution < 1.29 is 0 Å². The predicted octanol–water partition coefficient (Wildman–Crippen LogP) is 3.25. The molecule has 1 aromatic carbocycles. The van der Waals surface area contributed by atoms with E-state index in [2.05, 4.69) is 55.5 Å². The molecule has 2 heteroatoms. The molecule has 0 bridgehead atoms.